The van der Waals surface area contributed by atoms with E-state index in [1.54, 1.807) is 6.07 Å². The molecule has 1 heterocycles. The lowest BCUT2D eigenvalue weighted by Crippen LogP contribution is -1.95. The van der Waals surface area contributed by atoms with Crippen LogP contribution in [-0.4, -0.2) is 9.55 Å². The van der Waals surface area contributed by atoms with Crippen LogP contribution < -0.4 is 0 Å². The number of benzene rings is 1. The lowest BCUT2D eigenvalue weighted by Gasteiger charge is -2.01. The van der Waals surface area contributed by atoms with Gasteiger partial charge in [-0.1, -0.05) is 13.0 Å². The van der Waals surface area contributed by atoms with E-state index >= 15 is 0 Å². The second-order valence-electron chi connectivity index (χ2n) is 3.14. The Labute approximate surface area is 86.3 Å². The molecule has 0 N–H and O–H groups in total. The third kappa shape index (κ3) is 1.38. The van der Waals surface area contributed by atoms with Gasteiger partial charge in [-0.25, -0.2) is 9.37 Å². The molecule has 0 bridgehead atoms. The van der Waals surface area contributed by atoms with Crippen LogP contribution in [0.15, 0.2) is 18.2 Å². The smallest absolute Gasteiger partial charge is 0.203 e. The number of fused-ring (bicyclic) bond motifs is 1. The molecule has 2 rings (SSSR count). The highest BCUT2D eigenvalue weighted by atomic mass is 35.5. The van der Waals surface area contributed by atoms with E-state index in [4.69, 9.17) is 11.6 Å². The summed E-state index contributed by atoms with van der Waals surface area (Å²) in [5.74, 6) is -0.320. The SMILES string of the molecule is CCCn1c(Cl)nc2c(F)cccc21. The molecule has 2 nitrogen and oxygen atoms in total. The molecule has 0 radical (unpaired) electrons. The number of halogens is 2. The summed E-state index contributed by atoms with van der Waals surface area (Å²) in [6.07, 6.45) is 0.946. The van der Waals surface area contributed by atoms with Crippen LogP contribution in [0, 0.1) is 5.82 Å². The van der Waals surface area contributed by atoms with Crippen molar-refractivity contribution in [1.29, 1.82) is 0 Å². The summed E-state index contributed by atoms with van der Waals surface area (Å²) in [6, 6.07) is 4.89. The predicted molar refractivity (Wildman–Crippen MR) is 55.0 cm³/mol. The molecule has 0 saturated carbocycles. The topological polar surface area (TPSA) is 17.8 Å². The zero-order valence-electron chi connectivity index (χ0n) is 7.80. The van der Waals surface area contributed by atoms with E-state index in [1.165, 1.54) is 6.07 Å². The van der Waals surface area contributed by atoms with Gasteiger partial charge in [-0.2, -0.15) is 0 Å². The Hall–Kier alpha value is -1.09. The molecule has 0 saturated heterocycles. The predicted octanol–water partition coefficient (Wildman–Crippen LogP) is 3.24. The Kier molecular flexibility index (Phi) is 2.42. The van der Waals surface area contributed by atoms with Gasteiger partial charge >= 0.3 is 0 Å². The second-order valence-corrected chi connectivity index (χ2v) is 3.48. The van der Waals surface area contributed by atoms with Crippen molar-refractivity contribution in [3.8, 4) is 0 Å². The van der Waals surface area contributed by atoms with Crippen molar-refractivity contribution >= 4 is 22.6 Å². The first kappa shape index (κ1) is 9.46. The summed E-state index contributed by atoms with van der Waals surface area (Å²) in [5, 5.41) is 0.354. The number of imidazole rings is 1. The molecule has 0 aliphatic heterocycles. The number of rotatable bonds is 2. The third-order valence-corrected chi connectivity index (χ3v) is 2.42. The monoisotopic (exact) mass is 212 g/mol. The Balaban J connectivity index is 2.70. The summed E-state index contributed by atoms with van der Waals surface area (Å²) in [7, 11) is 0. The van der Waals surface area contributed by atoms with Gasteiger partial charge in [0.15, 0.2) is 5.82 Å². The van der Waals surface area contributed by atoms with Crippen LogP contribution in [0.25, 0.3) is 11.0 Å². The van der Waals surface area contributed by atoms with E-state index < -0.39 is 0 Å². The lowest BCUT2D eigenvalue weighted by atomic mass is 10.3. The van der Waals surface area contributed by atoms with Crippen molar-refractivity contribution in [3.63, 3.8) is 0 Å². The number of aromatic nitrogens is 2. The zero-order chi connectivity index (χ0) is 10.1. The van der Waals surface area contributed by atoms with Gasteiger partial charge in [0.05, 0.1) is 5.52 Å². The van der Waals surface area contributed by atoms with Crippen molar-refractivity contribution in [2.75, 3.05) is 0 Å². The van der Waals surface area contributed by atoms with E-state index in [2.05, 4.69) is 4.98 Å². The van der Waals surface area contributed by atoms with Crippen molar-refractivity contribution in [3.05, 3.63) is 29.3 Å². The molecule has 74 valence electrons. The summed E-state index contributed by atoms with van der Waals surface area (Å²) >= 11 is 5.90. The van der Waals surface area contributed by atoms with Gasteiger partial charge in [0.1, 0.15) is 5.52 Å². The van der Waals surface area contributed by atoms with E-state index in [-0.39, 0.29) is 5.82 Å². The average molecular weight is 213 g/mol. The minimum Gasteiger partial charge on any atom is -0.315 e. The van der Waals surface area contributed by atoms with Gasteiger partial charge < -0.3 is 4.57 Å². The number of hydrogen-bond donors (Lipinski definition) is 0. The first-order chi connectivity index (χ1) is 6.74. The normalized spacial score (nSPS) is 11.1. The lowest BCUT2D eigenvalue weighted by molar-refractivity contribution is 0.637. The largest absolute Gasteiger partial charge is 0.315 e. The van der Waals surface area contributed by atoms with Crippen LogP contribution in [0.4, 0.5) is 4.39 Å². The Morgan fingerprint density at radius 3 is 3.00 bits per heavy atom. The standard InChI is InChI=1S/C10H10ClFN2/c1-2-6-14-8-5-3-4-7(12)9(8)13-10(14)11/h3-5H,2,6H2,1H3. The fourth-order valence-corrected chi connectivity index (χ4v) is 1.78. The van der Waals surface area contributed by atoms with Crippen molar-refractivity contribution in [2.24, 2.45) is 0 Å². The van der Waals surface area contributed by atoms with Crippen molar-refractivity contribution in [2.45, 2.75) is 19.9 Å². The molecule has 14 heavy (non-hydrogen) atoms. The fourth-order valence-electron chi connectivity index (χ4n) is 1.52. The maximum atomic E-state index is 13.3. The number of nitrogens with zero attached hydrogens (tertiary/aromatic N) is 2. The summed E-state index contributed by atoms with van der Waals surface area (Å²) in [6.45, 7) is 2.81. The highest BCUT2D eigenvalue weighted by Gasteiger charge is 2.10. The van der Waals surface area contributed by atoms with Gasteiger partial charge in [-0.05, 0) is 30.2 Å². The Morgan fingerprint density at radius 2 is 2.29 bits per heavy atom. The molecule has 0 aliphatic rings. The van der Waals surface area contributed by atoms with E-state index in [0.717, 1.165) is 18.5 Å². The molecule has 2 aromatic rings. The quantitative estimate of drug-likeness (QED) is 0.747. The molecule has 0 fully saturated rings. The van der Waals surface area contributed by atoms with Gasteiger partial charge in [0, 0.05) is 6.54 Å². The third-order valence-electron chi connectivity index (χ3n) is 2.13. The first-order valence-electron chi connectivity index (χ1n) is 4.54. The zero-order valence-corrected chi connectivity index (χ0v) is 8.55. The van der Waals surface area contributed by atoms with Crippen LogP contribution in [0.3, 0.4) is 0 Å². The molecular weight excluding hydrogens is 203 g/mol. The summed E-state index contributed by atoms with van der Waals surface area (Å²) in [4.78, 5) is 3.98. The molecular formula is C10H10ClFN2. The van der Waals surface area contributed by atoms with Crippen molar-refractivity contribution < 1.29 is 4.39 Å². The minimum absolute atomic E-state index is 0.320. The molecule has 0 aliphatic carbocycles. The van der Waals surface area contributed by atoms with Crippen LogP contribution in [0.5, 0.6) is 0 Å². The molecule has 0 unspecified atom stereocenters. The number of para-hydroxylation sites is 1. The summed E-state index contributed by atoms with van der Waals surface area (Å²) in [5.41, 5.74) is 1.11. The first-order valence-corrected chi connectivity index (χ1v) is 4.92. The van der Waals surface area contributed by atoms with Gasteiger partial charge in [0.2, 0.25) is 5.28 Å². The number of aryl methyl sites for hydroxylation is 1. The van der Waals surface area contributed by atoms with Gasteiger partial charge in [0.25, 0.3) is 0 Å². The second kappa shape index (κ2) is 3.58. The van der Waals surface area contributed by atoms with E-state index in [9.17, 15) is 4.39 Å². The minimum atomic E-state index is -0.320. The maximum absolute atomic E-state index is 13.3. The highest BCUT2D eigenvalue weighted by Crippen LogP contribution is 2.22. The van der Waals surface area contributed by atoms with Crippen LogP contribution in [-0.2, 0) is 6.54 Å². The average Bonchev–Trinajstić information content (AvgIpc) is 2.47. The maximum Gasteiger partial charge on any atom is 0.203 e. The molecule has 1 aromatic heterocycles. The molecule has 0 amide bonds. The van der Waals surface area contributed by atoms with E-state index in [1.807, 2.05) is 17.6 Å². The van der Waals surface area contributed by atoms with Gasteiger partial charge in [-0.15, -0.1) is 0 Å². The Morgan fingerprint density at radius 1 is 1.50 bits per heavy atom. The van der Waals surface area contributed by atoms with Crippen LogP contribution in [0.1, 0.15) is 13.3 Å². The van der Waals surface area contributed by atoms with E-state index in [0.29, 0.717) is 10.8 Å². The molecule has 4 heteroatoms. The van der Waals surface area contributed by atoms with Gasteiger partial charge in [-0.3, -0.25) is 0 Å². The van der Waals surface area contributed by atoms with Crippen molar-refractivity contribution in [1.82, 2.24) is 9.55 Å². The molecule has 1 aromatic carbocycles. The Bertz CT molecular complexity index is 464. The molecule has 0 atom stereocenters. The highest BCUT2D eigenvalue weighted by molar-refractivity contribution is 6.29. The molecule has 0 spiro atoms. The van der Waals surface area contributed by atoms with Crippen LogP contribution in [0.2, 0.25) is 5.28 Å². The number of hydrogen-bond acceptors (Lipinski definition) is 1. The van der Waals surface area contributed by atoms with Crippen LogP contribution >= 0.6 is 11.6 Å². The fraction of sp³-hybridized carbons (Fsp3) is 0.300. The summed E-state index contributed by atoms with van der Waals surface area (Å²) < 4.78 is 15.1.